The Morgan fingerprint density at radius 1 is 1.26 bits per heavy atom. The second-order valence-corrected chi connectivity index (χ2v) is 7.56. The molecule has 12 heteroatoms. The molecule has 3 rings (SSSR count). The number of amides is 1. The third-order valence-corrected chi connectivity index (χ3v) is 5.33. The maximum atomic E-state index is 13.5. The number of nitrogens with zero attached hydrogens (tertiary/aromatic N) is 1. The Morgan fingerprint density at radius 2 is 1.94 bits per heavy atom. The molecule has 1 aliphatic rings. The Balaban J connectivity index is 0.000000287. The average molecular weight is 494 g/mol. The van der Waals surface area contributed by atoms with Gasteiger partial charge in [-0.3, -0.25) is 9.78 Å². The summed E-state index contributed by atoms with van der Waals surface area (Å²) < 4.78 is 87.6. The van der Waals surface area contributed by atoms with E-state index >= 15 is 0 Å². The first-order chi connectivity index (χ1) is 15.9. The number of pyridine rings is 1. The van der Waals surface area contributed by atoms with E-state index in [0.717, 1.165) is 13.2 Å². The van der Waals surface area contributed by atoms with Gasteiger partial charge >= 0.3 is 6.18 Å². The minimum absolute atomic E-state index is 0.0958. The number of nitrogens with one attached hydrogen (secondary N) is 1. The Morgan fingerprint density at radius 3 is 2.38 bits per heavy atom. The number of aliphatic hydroxyl groups excluding tert-OH is 1. The highest BCUT2D eigenvalue weighted by Gasteiger charge is 2.51. The van der Waals surface area contributed by atoms with Crippen LogP contribution in [0.25, 0.3) is 0 Å². The SMILES string of the molecule is CC(O)c1ccc(NC=O)cn1.COc1c(C2COC(C(F)(F)F)C2C)ccc(F)c1C(F)F. The largest absolute Gasteiger partial charge is 0.496 e. The molecule has 4 atom stereocenters. The summed E-state index contributed by atoms with van der Waals surface area (Å²) in [5, 5.41) is 11.5. The predicted octanol–water partition coefficient (Wildman–Crippen LogP) is 5.16. The fourth-order valence-electron chi connectivity index (χ4n) is 3.61. The van der Waals surface area contributed by atoms with Gasteiger partial charge in [0.2, 0.25) is 6.41 Å². The summed E-state index contributed by atoms with van der Waals surface area (Å²) in [4.78, 5) is 13.9. The summed E-state index contributed by atoms with van der Waals surface area (Å²) in [6.45, 7) is 2.66. The summed E-state index contributed by atoms with van der Waals surface area (Å²) >= 11 is 0. The van der Waals surface area contributed by atoms with Gasteiger partial charge in [-0.15, -0.1) is 0 Å². The number of anilines is 1. The van der Waals surface area contributed by atoms with Crippen molar-refractivity contribution >= 4 is 12.1 Å². The number of benzene rings is 1. The fourth-order valence-corrected chi connectivity index (χ4v) is 3.61. The van der Waals surface area contributed by atoms with Crippen molar-refractivity contribution in [2.45, 2.75) is 44.6 Å². The van der Waals surface area contributed by atoms with Crippen LogP contribution in [0.3, 0.4) is 0 Å². The highest BCUT2D eigenvalue weighted by molar-refractivity contribution is 5.70. The van der Waals surface area contributed by atoms with Crippen molar-refractivity contribution < 1.29 is 45.7 Å². The number of hydrogen-bond acceptors (Lipinski definition) is 5. The molecule has 1 fully saturated rings. The van der Waals surface area contributed by atoms with Crippen LogP contribution in [-0.4, -0.2) is 42.5 Å². The summed E-state index contributed by atoms with van der Waals surface area (Å²) in [5.41, 5.74) is 0.363. The molecule has 1 aliphatic heterocycles. The normalized spacial score (nSPS) is 21.0. The standard InChI is InChI=1S/C14H14F6O2.C8H10N2O2/c1-6-8(5-22-12(6)14(18,19)20)7-3-4-9(15)10(13(16)17)11(7)21-2;1-6(12)8-3-2-7(4-9-8)10-5-11/h3-4,6,8,12-13H,5H2,1-2H3;2-6,12H,1H3,(H,10,11). The zero-order valence-corrected chi connectivity index (χ0v) is 18.4. The van der Waals surface area contributed by atoms with Gasteiger partial charge in [-0.25, -0.2) is 13.2 Å². The zero-order chi connectivity index (χ0) is 25.6. The first-order valence-corrected chi connectivity index (χ1v) is 10.1. The molecule has 0 radical (unpaired) electrons. The van der Waals surface area contributed by atoms with Crippen LogP contribution < -0.4 is 10.1 Å². The van der Waals surface area contributed by atoms with E-state index in [0.29, 0.717) is 17.8 Å². The van der Waals surface area contributed by atoms with E-state index in [4.69, 9.17) is 14.6 Å². The molecule has 2 heterocycles. The molecule has 1 aromatic carbocycles. The molecule has 1 amide bonds. The molecule has 0 saturated carbocycles. The Bertz CT molecular complexity index is 954. The number of ether oxygens (including phenoxy) is 2. The maximum absolute atomic E-state index is 13.5. The minimum atomic E-state index is -4.55. The number of rotatable bonds is 6. The van der Waals surface area contributed by atoms with Gasteiger partial charge in [0.15, 0.2) is 6.10 Å². The molecule has 0 bridgehead atoms. The molecule has 1 saturated heterocycles. The van der Waals surface area contributed by atoms with E-state index < -0.39 is 53.8 Å². The van der Waals surface area contributed by atoms with Gasteiger partial charge in [-0.05, 0) is 25.1 Å². The highest BCUT2D eigenvalue weighted by Crippen LogP contribution is 2.46. The number of alkyl halides is 5. The number of methoxy groups -OCH3 is 1. The molecular formula is C22H24F6N2O4. The van der Waals surface area contributed by atoms with Crippen molar-refractivity contribution in [3.63, 3.8) is 0 Å². The second-order valence-electron chi connectivity index (χ2n) is 7.56. The lowest BCUT2D eigenvalue weighted by atomic mass is 9.85. The second kappa shape index (κ2) is 11.5. The van der Waals surface area contributed by atoms with E-state index in [1.165, 1.54) is 19.2 Å². The van der Waals surface area contributed by atoms with Crippen molar-refractivity contribution in [1.29, 1.82) is 0 Å². The van der Waals surface area contributed by atoms with Crippen LogP contribution in [0, 0.1) is 11.7 Å². The number of carbonyl (C=O) groups excluding carboxylic acids is 1. The van der Waals surface area contributed by atoms with Crippen LogP contribution in [0.15, 0.2) is 30.5 Å². The van der Waals surface area contributed by atoms with Crippen LogP contribution in [0.1, 0.15) is 49.1 Å². The van der Waals surface area contributed by atoms with Crippen molar-refractivity contribution in [3.8, 4) is 5.75 Å². The number of carbonyl (C=O) groups is 1. The quantitative estimate of drug-likeness (QED) is 0.429. The first-order valence-electron chi connectivity index (χ1n) is 10.1. The Kier molecular flexibility index (Phi) is 9.28. The Labute approximate surface area is 191 Å². The summed E-state index contributed by atoms with van der Waals surface area (Å²) in [6.07, 6.45) is -8.16. The van der Waals surface area contributed by atoms with Crippen LogP contribution in [0.5, 0.6) is 5.75 Å². The third kappa shape index (κ3) is 6.38. The molecule has 1 aromatic heterocycles. The van der Waals surface area contributed by atoms with Gasteiger partial charge in [0.1, 0.15) is 11.6 Å². The van der Waals surface area contributed by atoms with Gasteiger partial charge in [-0.1, -0.05) is 13.0 Å². The molecule has 0 spiro atoms. The van der Waals surface area contributed by atoms with Gasteiger partial charge in [0, 0.05) is 17.4 Å². The molecular weight excluding hydrogens is 470 g/mol. The number of halogens is 6. The van der Waals surface area contributed by atoms with E-state index in [1.807, 2.05) is 0 Å². The molecule has 0 aliphatic carbocycles. The van der Waals surface area contributed by atoms with Gasteiger partial charge in [0.25, 0.3) is 6.43 Å². The molecule has 2 aromatic rings. The number of aliphatic hydroxyl groups is 1. The number of aromatic nitrogens is 1. The third-order valence-electron chi connectivity index (χ3n) is 5.33. The predicted molar refractivity (Wildman–Crippen MR) is 110 cm³/mol. The summed E-state index contributed by atoms with van der Waals surface area (Å²) in [6, 6.07) is 5.33. The number of hydrogen-bond donors (Lipinski definition) is 2. The highest BCUT2D eigenvalue weighted by atomic mass is 19.4. The maximum Gasteiger partial charge on any atom is 0.414 e. The van der Waals surface area contributed by atoms with Crippen molar-refractivity contribution in [3.05, 3.63) is 53.1 Å². The molecule has 2 N–H and O–H groups in total. The van der Waals surface area contributed by atoms with E-state index in [1.54, 1.807) is 19.1 Å². The zero-order valence-electron chi connectivity index (χ0n) is 18.4. The fraction of sp³-hybridized carbons (Fsp3) is 0.455. The topological polar surface area (TPSA) is 80.7 Å². The summed E-state index contributed by atoms with van der Waals surface area (Å²) in [7, 11) is 1.08. The lowest BCUT2D eigenvalue weighted by Crippen LogP contribution is -2.33. The van der Waals surface area contributed by atoms with Gasteiger partial charge in [-0.2, -0.15) is 13.2 Å². The minimum Gasteiger partial charge on any atom is -0.496 e. The monoisotopic (exact) mass is 494 g/mol. The smallest absolute Gasteiger partial charge is 0.414 e. The molecule has 188 valence electrons. The van der Waals surface area contributed by atoms with Crippen LogP contribution in [0.2, 0.25) is 0 Å². The van der Waals surface area contributed by atoms with Crippen molar-refractivity contribution in [2.75, 3.05) is 19.0 Å². The van der Waals surface area contributed by atoms with E-state index in [-0.39, 0.29) is 12.2 Å². The van der Waals surface area contributed by atoms with E-state index in [9.17, 15) is 31.1 Å². The van der Waals surface area contributed by atoms with Crippen LogP contribution in [-0.2, 0) is 9.53 Å². The molecule has 6 nitrogen and oxygen atoms in total. The summed E-state index contributed by atoms with van der Waals surface area (Å²) in [5.74, 6) is -3.38. The van der Waals surface area contributed by atoms with Crippen LogP contribution in [0.4, 0.5) is 32.0 Å². The van der Waals surface area contributed by atoms with Crippen molar-refractivity contribution in [2.24, 2.45) is 5.92 Å². The molecule has 4 unspecified atom stereocenters. The van der Waals surface area contributed by atoms with Crippen LogP contribution >= 0.6 is 0 Å². The Hall–Kier alpha value is -2.86. The lowest BCUT2D eigenvalue weighted by molar-refractivity contribution is -0.215. The molecule has 34 heavy (non-hydrogen) atoms. The van der Waals surface area contributed by atoms with Gasteiger partial charge < -0.3 is 19.9 Å². The average Bonchev–Trinajstić information content (AvgIpc) is 3.15. The first kappa shape index (κ1) is 27.4. The van der Waals surface area contributed by atoms with Gasteiger partial charge in [0.05, 0.1) is 43.0 Å². The lowest BCUT2D eigenvalue weighted by Gasteiger charge is -2.23. The van der Waals surface area contributed by atoms with E-state index in [2.05, 4.69) is 10.3 Å². The van der Waals surface area contributed by atoms with Crippen molar-refractivity contribution in [1.82, 2.24) is 4.98 Å².